The summed E-state index contributed by atoms with van der Waals surface area (Å²) in [6.07, 6.45) is -1.08. The van der Waals surface area contributed by atoms with Gasteiger partial charge in [-0.1, -0.05) is 30.3 Å². The molecule has 1 amide bonds. The molecule has 1 fully saturated rings. The van der Waals surface area contributed by atoms with Crippen LogP contribution in [0.4, 0.5) is 13.6 Å². The van der Waals surface area contributed by atoms with Crippen LogP contribution in [0.25, 0.3) is 11.1 Å². The van der Waals surface area contributed by atoms with Crippen LogP contribution in [0.5, 0.6) is 5.75 Å². The van der Waals surface area contributed by atoms with E-state index in [1.807, 2.05) is 30.3 Å². The highest BCUT2D eigenvalue weighted by Gasteiger charge is 2.36. The third kappa shape index (κ3) is 3.53. The fourth-order valence-electron chi connectivity index (χ4n) is 3.39. The van der Waals surface area contributed by atoms with E-state index in [4.69, 9.17) is 9.47 Å². The second-order valence-corrected chi connectivity index (χ2v) is 6.51. The van der Waals surface area contributed by atoms with E-state index in [1.54, 1.807) is 25.3 Å². The Morgan fingerprint density at radius 3 is 2.36 bits per heavy atom. The minimum absolute atomic E-state index is 0.419. The van der Waals surface area contributed by atoms with E-state index < -0.39 is 29.9 Å². The number of carbonyl (C=O) groups excluding carboxylic acids is 1. The van der Waals surface area contributed by atoms with Gasteiger partial charge in [-0.25, -0.2) is 13.6 Å². The Bertz CT molecular complexity index is 1020. The molecule has 0 aliphatic carbocycles. The molecule has 0 bridgehead atoms. The number of rotatable bonds is 4. The van der Waals surface area contributed by atoms with Gasteiger partial charge in [0.05, 0.1) is 13.2 Å². The highest BCUT2D eigenvalue weighted by atomic mass is 19.1. The van der Waals surface area contributed by atoms with Crippen molar-refractivity contribution in [1.82, 2.24) is 5.32 Å². The fourth-order valence-corrected chi connectivity index (χ4v) is 3.39. The smallest absolute Gasteiger partial charge is 0.408 e. The van der Waals surface area contributed by atoms with E-state index in [2.05, 4.69) is 5.32 Å². The molecule has 1 aliphatic heterocycles. The van der Waals surface area contributed by atoms with Gasteiger partial charge >= 0.3 is 6.09 Å². The van der Waals surface area contributed by atoms with Crippen molar-refractivity contribution in [2.24, 2.45) is 0 Å². The van der Waals surface area contributed by atoms with Crippen molar-refractivity contribution in [3.63, 3.8) is 0 Å². The van der Waals surface area contributed by atoms with Gasteiger partial charge in [0.1, 0.15) is 17.4 Å². The summed E-state index contributed by atoms with van der Waals surface area (Å²) < 4.78 is 37.9. The maximum Gasteiger partial charge on any atom is 0.408 e. The zero-order valence-electron chi connectivity index (χ0n) is 15.0. The van der Waals surface area contributed by atoms with Gasteiger partial charge in [-0.2, -0.15) is 0 Å². The molecule has 0 saturated carbocycles. The third-order valence-corrected chi connectivity index (χ3v) is 4.67. The standard InChI is InChI=1S/C22H17F2NO3/c1-27-19-7-3-6-15(11-19)21-20(25-22(26)28-21)14-5-2-4-13(8-14)16-9-17(23)12-18(24)10-16/h2-12,20-21H,1H3,(H,25,26)/t20-,21-/m0/s1. The number of alkyl carbamates (subject to hydrolysis) is 1. The normalized spacial score (nSPS) is 18.5. The second-order valence-electron chi connectivity index (χ2n) is 6.51. The lowest BCUT2D eigenvalue weighted by Gasteiger charge is -2.19. The van der Waals surface area contributed by atoms with Crippen molar-refractivity contribution in [3.8, 4) is 16.9 Å². The summed E-state index contributed by atoms with van der Waals surface area (Å²) in [5.74, 6) is -0.637. The van der Waals surface area contributed by atoms with Crippen molar-refractivity contribution < 1.29 is 23.0 Å². The average Bonchev–Trinajstić information content (AvgIpc) is 3.09. The summed E-state index contributed by atoms with van der Waals surface area (Å²) in [6.45, 7) is 0. The van der Waals surface area contributed by atoms with Crippen molar-refractivity contribution in [2.75, 3.05) is 7.11 Å². The number of nitrogens with one attached hydrogen (secondary N) is 1. The fraction of sp³-hybridized carbons (Fsp3) is 0.136. The molecule has 0 radical (unpaired) electrons. The summed E-state index contributed by atoms with van der Waals surface area (Å²) in [6, 6.07) is 17.4. The number of hydrogen-bond acceptors (Lipinski definition) is 3. The molecular weight excluding hydrogens is 364 g/mol. The van der Waals surface area contributed by atoms with Crippen LogP contribution in [0.3, 0.4) is 0 Å². The summed E-state index contributed by atoms with van der Waals surface area (Å²) in [7, 11) is 1.57. The minimum atomic E-state index is -0.646. The third-order valence-electron chi connectivity index (χ3n) is 4.67. The number of ether oxygens (including phenoxy) is 2. The molecule has 1 aliphatic rings. The topological polar surface area (TPSA) is 47.6 Å². The van der Waals surface area contributed by atoms with Crippen molar-refractivity contribution in [1.29, 1.82) is 0 Å². The Morgan fingerprint density at radius 1 is 0.893 bits per heavy atom. The van der Waals surface area contributed by atoms with E-state index in [9.17, 15) is 13.6 Å². The van der Waals surface area contributed by atoms with Crippen LogP contribution >= 0.6 is 0 Å². The van der Waals surface area contributed by atoms with Gasteiger partial charge in [-0.05, 0) is 52.6 Å². The first kappa shape index (κ1) is 18.0. The van der Waals surface area contributed by atoms with Crippen molar-refractivity contribution >= 4 is 6.09 Å². The minimum Gasteiger partial charge on any atom is -0.497 e. The van der Waals surface area contributed by atoms with Gasteiger partial charge in [0.2, 0.25) is 0 Å². The van der Waals surface area contributed by atoms with Gasteiger partial charge in [0.25, 0.3) is 0 Å². The SMILES string of the molecule is COc1cccc([C@@H]2OC(=O)N[C@H]2c2cccc(-c3cc(F)cc(F)c3)c2)c1. The molecule has 4 nitrogen and oxygen atoms in total. The highest BCUT2D eigenvalue weighted by molar-refractivity contribution is 5.72. The highest BCUT2D eigenvalue weighted by Crippen LogP contribution is 2.38. The molecule has 0 unspecified atom stereocenters. The molecule has 0 spiro atoms. The molecule has 2 atom stereocenters. The van der Waals surface area contributed by atoms with Gasteiger partial charge in [0, 0.05) is 6.07 Å². The lowest BCUT2D eigenvalue weighted by atomic mass is 9.93. The second kappa shape index (κ2) is 7.31. The lowest BCUT2D eigenvalue weighted by molar-refractivity contribution is 0.132. The maximum atomic E-state index is 13.6. The first-order valence-corrected chi connectivity index (χ1v) is 8.71. The van der Waals surface area contributed by atoms with Crippen LogP contribution in [0.1, 0.15) is 23.3 Å². The van der Waals surface area contributed by atoms with E-state index >= 15 is 0 Å². The van der Waals surface area contributed by atoms with E-state index in [1.165, 1.54) is 12.1 Å². The molecule has 1 saturated heterocycles. The van der Waals surface area contributed by atoms with Gasteiger partial charge < -0.3 is 14.8 Å². The van der Waals surface area contributed by atoms with E-state index in [0.29, 0.717) is 16.9 Å². The number of benzene rings is 3. The number of cyclic esters (lactones) is 1. The summed E-state index contributed by atoms with van der Waals surface area (Å²) in [5.41, 5.74) is 2.61. The Hall–Kier alpha value is -3.41. The molecule has 1 N–H and O–H groups in total. The molecule has 3 aromatic carbocycles. The van der Waals surface area contributed by atoms with Crippen LogP contribution < -0.4 is 10.1 Å². The molecule has 3 aromatic rings. The zero-order chi connectivity index (χ0) is 19.7. The predicted molar refractivity (Wildman–Crippen MR) is 99.9 cm³/mol. The molecule has 142 valence electrons. The molecule has 1 heterocycles. The zero-order valence-corrected chi connectivity index (χ0v) is 15.0. The van der Waals surface area contributed by atoms with Crippen LogP contribution in [-0.2, 0) is 4.74 Å². The molecule has 0 aromatic heterocycles. The largest absolute Gasteiger partial charge is 0.497 e. The van der Waals surface area contributed by atoms with Crippen molar-refractivity contribution in [2.45, 2.75) is 12.1 Å². The quantitative estimate of drug-likeness (QED) is 0.679. The molecule has 28 heavy (non-hydrogen) atoms. The van der Waals surface area contributed by atoms with Gasteiger partial charge in [-0.15, -0.1) is 0 Å². The van der Waals surface area contributed by atoms with Gasteiger partial charge in [0.15, 0.2) is 6.10 Å². The number of amides is 1. The van der Waals surface area contributed by atoms with E-state index in [0.717, 1.165) is 17.2 Å². The Labute approximate surface area is 160 Å². The Balaban J connectivity index is 1.71. The number of methoxy groups -OCH3 is 1. The number of hydrogen-bond donors (Lipinski definition) is 1. The lowest BCUT2D eigenvalue weighted by Crippen LogP contribution is -2.19. The van der Waals surface area contributed by atoms with Gasteiger partial charge in [-0.3, -0.25) is 0 Å². The first-order valence-electron chi connectivity index (χ1n) is 8.71. The summed E-state index contributed by atoms with van der Waals surface area (Å²) in [4.78, 5) is 11.9. The van der Waals surface area contributed by atoms with Crippen LogP contribution in [-0.4, -0.2) is 13.2 Å². The summed E-state index contributed by atoms with van der Waals surface area (Å²) in [5, 5.41) is 2.81. The monoisotopic (exact) mass is 381 g/mol. The van der Waals surface area contributed by atoms with Crippen LogP contribution in [0.2, 0.25) is 0 Å². The van der Waals surface area contributed by atoms with Crippen LogP contribution in [0.15, 0.2) is 66.7 Å². The summed E-state index contributed by atoms with van der Waals surface area (Å²) >= 11 is 0. The number of carbonyl (C=O) groups is 1. The maximum absolute atomic E-state index is 13.6. The molecule has 4 rings (SSSR count). The predicted octanol–water partition coefficient (Wildman–Crippen LogP) is 5.16. The van der Waals surface area contributed by atoms with E-state index in [-0.39, 0.29) is 0 Å². The first-order chi connectivity index (χ1) is 13.5. The average molecular weight is 381 g/mol. The number of halogens is 2. The van der Waals surface area contributed by atoms with Crippen LogP contribution in [0, 0.1) is 11.6 Å². The molecule has 6 heteroatoms. The van der Waals surface area contributed by atoms with Crippen molar-refractivity contribution in [3.05, 3.63) is 89.5 Å². The molecular formula is C22H17F2NO3. The Kier molecular flexibility index (Phi) is 4.69. The Morgan fingerprint density at radius 2 is 1.61 bits per heavy atom.